The number of carbonyl (C=O) groups excluding carboxylic acids is 2. The van der Waals surface area contributed by atoms with Gasteiger partial charge in [-0.1, -0.05) is 35.9 Å². The van der Waals surface area contributed by atoms with Crippen molar-refractivity contribution in [3.8, 4) is 0 Å². The van der Waals surface area contributed by atoms with E-state index in [0.717, 1.165) is 5.56 Å². The minimum Gasteiger partial charge on any atom is -0.394 e. The molecule has 1 heterocycles. The number of rotatable bonds is 6. The zero-order chi connectivity index (χ0) is 17.5. The van der Waals surface area contributed by atoms with E-state index in [0.29, 0.717) is 11.6 Å². The fraction of sp³-hybridized carbons (Fsp3) is 0.412. The average Bonchev–Trinajstić information content (AvgIpc) is 2.55. The highest BCUT2D eigenvalue weighted by molar-refractivity contribution is 6.30. The summed E-state index contributed by atoms with van der Waals surface area (Å²) in [5.74, 6) is -0.361. The second-order valence-electron chi connectivity index (χ2n) is 5.61. The molecule has 0 bridgehead atoms. The first-order chi connectivity index (χ1) is 11.5. The minimum absolute atomic E-state index is 0.146. The number of hydrogen-bond donors (Lipinski definition) is 3. The zero-order valence-corrected chi connectivity index (χ0v) is 14.1. The normalized spacial score (nSPS) is 22.9. The Labute approximate surface area is 145 Å². The van der Waals surface area contributed by atoms with Gasteiger partial charge >= 0.3 is 0 Å². The van der Waals surface area contributed by atoms with Crippen LogP contribution in [0.25, 0.3) is 0 Å². The van der Waals surface area contributed by atoms with Crippen molar-refractivity contribution < 1.29 is 19.4 Å². The summed E-state index contributed by atoms with van der Waals surface area (Å²) < 4.78 is 5.66. The number of benzene rings is 1. The maximum atomic E-state index is 12.0. The number of ether oxygens (including phenoxy) is 1. The van der Waals surface area contributed by atoms with Gasteiger partial charge in [0.15, 0.2) is 0 Å². The lowest BCUT2D eigenvalue weighted by atomic mass is 10.0. The van der Waals surface area contributed by atoms with Crippen LogP contribution in [0.1, 0.15) is 18.9 Å². The summed E-state index contributed by atoms with van der Waals surface area (Å²) in [4.78, 5) is 23.1. The van der Waals surface area contributed by atoms with E-state index in [1.165, 1.54) is 6.92 Å². The third-order valence-electron chi connectivity index (χ3n) is 3.62. The molecule has 0 saturated heterocycles. The second-order valence-corrected chi connectivity index (χ2v) is 6.05. The molecule has 0 fully saturated rings. The number of halogens is 1. The molecule has 0 aliphatic carbocycles. The van der Waals surface area contributed by atoms with Gasteiger partial charge in [0.2, 0.25) is 11.8 Å². The van der Waals surface area contributed by atoms with Gasteiger partial charge in [-0.15, -0.1) is 0 Å². The molecule has 1 aliphatic heterocycles. The van der Waals surface area contributed by atoms with Crippen LogP contribution in [0.4, 0.5) is 0 Å². The van der Waals surface area contributed by atoms with Crippen LogP contribution in [0.5, 0.6) is 0 Å². The summed E-state index contributed by atoms with van der Waals surface area (Å²) in [6.45, 7) is 1.57. The first-order valence-electron chi connectivity index (χ1n) is 7.71. The number of nitrogens with one attached hydrogen (secondary N) is 2. The number of aliphatic hydroxyl groups excluding tert-OH is 1. The topological polar surface area (TPSA) is 87.7 Å². The molecule has 7 heteroatoms. The lowest BCUT2D eigenvalue weighted by molar-refractivity contribution is -0.127. The van der Waals surface area contributed by atoms with E-state index in [1.807, 2.05) is 12.1 Å². The average molecular weight is 353 g/mol. The minimum atomic E-state index is -0.562. The molecule has 3 N–H and O–H groups in total. The van der Waals surface area contributed by atoms with Crippen LogP contribution in [0, 0.1) is 0 Å². The Bertz CT molecular complexity index is 603. The number of hydrogen-bond acceptors (Lipinski definition) is 4. The van der Waals surface area contributed by atoms with E-state index in [4.69, 9.17) is 16.3 Å². The Morgan fingerprint density at radius 1 is 1.25 bits per heavy atom. The fourth-order valence-corrected chi connectivity index (χ4v) is 2.55. The Morgan fingerprint density at radius 2 is 1.96 bits per heavy atom. The van der Waals surface area contributed by atoms with E-state index < -0.39 is 12.2 Å². The van der Waals surface area contributed by atoms with Gasteiger partial charge in [0.25, 0.3) is 0 Å². The van der Waals surface area contributed by atoms with Crippen LogP contribution >= 0.6 is 11.6 Å². The second kappa shape index (κ2) is 8.82. The Balaban J connectivity index is 1.83. The molecule has 2 amide bonds. The van der Waals surface area contributed by atoms with Gasteiger partial charge in [0.05, 0.1) is 25.2 Å². The smallest absolute Gasteiger partial charge is 0.223 e. The summed E-state index contributed by atoms with van der Waals surface area (Å²) >= 11 is 5.82. The monoisotopic (exact) mass is 352 g/mol. The van der Waals surface area contributed by atoms with Crippen molar-refractivity contribution in [3.63, 3.8) is 0 Å². The first kappa shape index (κ1) is 18.4. The van der Waals surface area contributed by atoms with Crippen molar-refractivity contribution in [3.05, 3.63) is 47.0 Å². The SMILES string of the molecule is CC(=O)N[C@@H]1C=C[C@H](CC(=O)NCc2ccc(Cl)cc2)O[C@H]1CO. The van der Waals surface area contributed by atoms with Gasteiger partial charge in [-0.05, 0) is 17.7 Å². The first-order valence-corrected chi connectivity index (χ1v) is 8.08. The third kappa shape index (κ3) is 5.63. The summed E-state index contributed by atoms with van der Waals surface area (Å²) in [6, 6.07) is 6.84. The largest absolute Gasteiger partial charge is 0.394 e. The number of carbonyl (C=O) groups is 2. The van der Waals surface area contributed by atoms with E-state index in [-0.39, 0.29) is 30.9 Å². The highest BCUT2D eigenvalue weighted by Gasteiger charge is 2.28. The molecule has 24 heavy (non-hydrogen) atoms. The summed E-state index contributed by atoms with van der Waals surface area (Å²) in [5, 5.41) is 15.5. The zero-order valence-electron chi connectivity index (χ0n) is 13.4. The molecule has 2 rings (SSSR count). The predicted octanol–water partition coefficient (Wildman–Crippen LogP) is 1.17. The standard InChI is InChI=1S/C17H21ClN2O4/c1-11(22)20-15-7-6-14(24-16(15)10-21)8-17(23)19-9-12-2-4-13(18)5-3-12/h2-7,14-16,21H,8-10H2,1H3,(H,19,23)(H,20,22)/t14-,15-,16+/m1/s1. The number of aliphatic hydroxyl groups is 1. The highest BCUT2D eigenvalue weighted by Crippen LogP contribution is 2.16. The van der Waals surface area contributed by atoms with Crippen LogP contribution in [-0.4, -0.2) is 41.8 Å². The lowest BCUT2D eigenvalue weighted by Gasteiger charge is -2.31. The van der Waals surface area contributed by atoms with Crippen molar-refractivity contribution in [2.45, 2.75) is 38.1 Å². The lowest BCUT2D eigenvalue weighted by Crippen LogP contribution is -2.48. The predicted molar refractivity (Wildman–Crippen MR) is 90.4 cm³/mol. The molecule has 1 aromatic carbocycles. The molecule has 0 aromatic heterocycles. The van der Waals surface area contributed by atoms with Crippen LogP contribution in [0.3, 0.4) is 0 Å². The van der Waals surface area contributed by atoms with Crippen LogP contribution in [-0.2, 0) is 20.9 Å². The molecule has 1 aromatic rings. The van der Waals surface area contributed by atoms with E-state index in [9.17, 15) is 14.7 Å². The molecular formula is C17H21ClN2O4. The van der Waals surface area contributed by atoms with E-state index in [2.05, 4.69) is 10.6 Å². The molecule has 3 atom stereocenters. The van der Waals surface area contributed by atoms with Gasteiger partial charge in [-0.2, -0.15) is 0 Å². The Hall–Kier alpha value is -1.89. The molecule has 6 nitrogen and oxygen atoms in total. The van der Waals surface area contributed by atoms with E-state index in [1.54, 1.807) is 24.3 Å². The maximum absolute atomic E-state index is 12.0. The third-order valence-corrected chi connectivity index (χ3v) is 3.87. The quantitative estimate of drug-likeness (QED) is 0.671. The van der Waals surface area contributed by atoms with Crippen molar-refractivity contribution >= 4 is 23.4 Å². The van der Waals surface area contributed by atoms with Gasteiger partial charge in [0.1, 0.15) is 6.10 Å². The van der Waals surface area contributed by atoms with Crippen molar-refractivity contribution in [1.29, 1.82) is 0 Å². The summed E-state index contributed by atoms with van der Waals surface area (Å²) in [6.07, 6.45) is 2.63. The van der Waals surface area contributed by atoms with Gasteiger partial charge in [-0.25, -0.2) is 0 Å². The Morgan fingerprint density at radius 3 is 2.58 bits per heavy atom. The Kier molecular flexibility index (Phi) is 6.78. The van der Waals surface area contributed by atoms with Crippen LogP contribution in [0.2, 0.25) is 5.02 Å². The van der Waals surface area contributed by atoms with Crippen molar-refractivity contribution in [2.24, 2.45) is 0 Å². The molecule has 130 valence electrons. The molecule has 0 spiro atoms. The molecule has 0 saturated carbocycles. The maximum Gasteiger partial charge on any atom is 0.223 e. The van der Waals surface area contributed by atoms with Gasteiger partial charge < -0.3 is 20.5 Å². The molecular weight excluding hydrogens is 332 g/mol. The fourth-order valence-electron chi connectivity index (χ4n) is 2.43. The van der Waals surface area contributed by atoms with Crippen molar-refractivity contribution in [1.82, 2.24) is 10.6 Å². The van der Waals surface area contributed by atoms with Crippen LogP contribution < -0.4 is 10.6 Å². The molecule has 0 unspecified atom stereocenters. The number of amides is 2. The van der Waals surface area contributed by atoms with Gasteiger partial charge in [0, 0.05) is 18.5 Å². The summed E-state index contributed by atoms with van der Waals surface area (Å²) in [7, 11) is 0. The molecule has 0 radical (unpaired) electrons. The van der Waals surface area contributed by atoms with Crippen molar-refractivity contribution in [2.75, 3.05) is 6.61 Å². The van der Waals surface area contributed by atoms with Crippen LogP contribution in [0.15, 0.2) is 36.4 Å². The molecule has 1 aliphatic rings. The highest BCUT2D eigenvalue weighted by atomic mass is 35.5. The van der Waals surface area contributed by atoms with Gasteiger partial charge in [-0.3, -0.25) is 9.59 Å². The summed E-state index contributed by atoms with van der Waals surface area (Å²) in [5.41, 5.74) is 0.951. The van der Waals surface area contributed by atoms with E-state index >= 15 is 0 Å².